The zero-order chi connectivity index (χ0) is 17.5. The van der Waals surface area contributed by atoms with Crippen LogP contribution in [0.2, 0.25) is 0 Å². The van der Waals surface area contributed by atoms with Gasteiger partial charge in [-0.25, -0.2) is 4.79 Å². The molecule has 0 saturated carbocycles. The molecule has 24 heavy (non-hydrogen) atoms. The lowest BCUT2D eigenvalue weighted by Gasteiger charge is -2.12. The van der Waals surface area contributed by atoms with Gasteiger partial charge >= 0.3 is 5.97 Å². The predicted molar refractivity (Wildman–Crippen MR) is 97.0 cm³/mol. The van der Waals surface area contributed by atoms with E-state index in [0.717, 1.165) is 11.1 Å². The van der Waals surface area contributed by atoms with Crippen molar-refractivity contribution in [3.63, 3.8) is 0 Å². The van der Waals surface area contributed by atoms with Crippen LogP contribution in [0.25, 0.3) is 0 Å². The van der Waals surface area contributed by atoms with Gasteiger partial charge in [-0.15, -0.1) is 0 Å². The molecule has 0 bridgehead atoms. The lowest BCUT2D eigenvalue weighted by Crippen LogP contribution is -2.35. The molecule has 1 amide bonds. The van der Waals surface area contributed by atoms with E-state index in [4.69, 9.17) is 17.0 Å². The maximum atomic E-state index is 12.1. The molecule has 2 aromatic carbocycles. The summed E-state index contributed by atoms with van der Waals surface area (Å²) in [6.07, 6.45) is 0.229. The SMILES string of the molecule is COC(=O)c1ccccc1NC(=S)NC(=O)Cc1ccccc1C. The molecule has 2 N–H and O–H groups in total. The highest BCUT2D eigenvalue weighted by Crippen LogP contribution is 2.16. The van der Waals surface area contributed by atoms with Crippen molar-refractivity contribution in [2.24, 2.45) is 0 Å². The van der Waals surface area contributed by atoms with Crippen molar-refractivity contribution in [1.82, 2.24) is 5.32 Å². The molecule has 2 rings (SSSR count). The summed E-state index contributed by atoms with van der Waals surface area (Å²) in [5.41, 5.74) is 2.80. The molecular weight excluding hydrogens is 324 g/mol. The fourth-order valence-corrected chi connectivity index (χ4v) is 2.41. The van der Waals surface area contributed by atoms with Gasteiger partial charge < -0.3 is 15.4 Å². The quantitative estimate of drug-likeness (QED) is 0.661. The summed E-state index contributed by atoms with van der Waals surface area (Å²) in [6.45, 7) is 1.95. The normalized spacial score (nSPS) is 9.92. The molecule has 5 nitrogen and oxygen atoms in total. The third-order valence-corrected chi connectivity index (χ3v) is 3.65. The highest BCUT2D eigenvalue weighted by molar-refractivity contribution is 7.80. The van der Waals surface area contributed by atoms with Gasteiger partial charge in [0, 0.05) is 0 Å². The number of nitrogens with one attached hydrogen (secondary N) is 2. The van der Waals surface area contributed by atoms with Gasteiger partial charge in [-0.3, -0.25) is 4.79 Å². The molecule has 124 valence electrons. The minimum atomic E-state index is -0.480. The van der Waals surface area contributed by atoms with Crippen LogP contribution in [0.1, 0.15) is 21.5 Å². The first kappa shape index (κ1) is 17.6. The topological polar surface area (TPSA) is 67.4 Å². The van der Waals surface area contributed by atoms with Crippen LogP contribution in [0, 0.1) is 6.92 Å². The van der Waals surface area contributed by atoms with E-state index in [2.05, 4.69) is 10.6 Å². The van der Waals surface area contributed by atoms with E-state index < -0.39 is 5.97 Å². The summed E-state index contributed by atoms with van der Waals surface area (Å²) in [7, 11) is 1.31. The van der Waals surface area contributed by atoms with Crippen molar-refractivity contribution in [2.45, 2.75) is 13.3 Å². The van der Waals surface area contributed by atoms with Gasteiger partial charge in [-0.1, -0.05) is 36.4 Å². The van der Waals surface area contributed by atoms with E-state index in [0.29, 0.717) is 11.3 Å². The predicted octanol–water partition coefficient (Wildman–Crippen LogP) is 2.84. The monoisotopic (exact) mass is 342 g/mol. The number of para-hydroxylation sites is 1. The number of thiocarbonyl (C=S) groups is 1. The maximum absolute atomic E-state index is 12.1. The van der Waals surface area contributed by atoms with Crippen LogP contribution in [0.4, 0.5) is 5.69 Å². The number of amides is 1. The molecule has 2 aromatic rings. The Kier molecular flexibility index (Phi) is 6.03. The lowest BCUT2D eigenvalue weighted by molar-refractivity contribution is -0.119. The standard InChI is InChI=1S/C18H18N2O3S/c1-12-7-3-4-8-13(12)11-16(21)20-18(24)19-15-10-6-5-9-14(15)17(22)23-2/h3-10H,11H2,1-2H3,(H2,19,20,21,24). The average molecular weight is 342 g/mol. The molecule has 0 unspecified atom stereocenters. The number of hydrogen-bond acceptors (Lipinski definition) is 4. The minimum absolute atomic E-state index is 0.130. The average Bonchev–Trinajstić information content (AvgIpc) is 2.56. The Hall–Kier alpha value is -2.73. The number of carbonyl (C=O) groups is 2. The van der Waals surface area contributed by atoms with E-state index in [1.165, 1.54) is 7.11 Å². The highest BCUT2D eigenvalue weighted by atomic mass is 32.1. The van der Waals surface area contributed by atoms with Crippen molar-refractivity contribution in [2.75, 3.05) is 12.4 Å². The minimum Gasteiger partial charge on any atom is -0.465 e. The molecule has 0 fully saturated rings. The van der Waals surface area contributed by atoms with Crippen LogP contribution in [-0.2, 0) is 16.0 Å². The molecule has 0 radical (unpaired) electrons. The van der Waals surface area contributed by atoms with Crippen molar-refractivity contribution < 1.29 is 14.3 Å². The molecule has 0 heterocycles. The molecule has 0 atom stereocenters. The smallest absolute Gasteiger partial charge is 0.339 e. The van der Waals surface area contributed by atoms with E-state index in [9.17, 15) is 9.59 Å². The van der Waals surface area contributed by atoms with Gasteiger partial charge in [0.05, 0.1) is 24.8 Å². The Morgan fingerprint density at radius 1 is 1.08 bits per heavy atom. The first-order valence-corrected chi connectivity index (χ1v) is 7.74. The molecule has 0 aliphatic heterocycles. The van der Waals surface area contributed by atoms with Gasteiger partial charge in [0.2, 0.25) is 5.91 Å². The number of rotatable bonds is 4. The zero-order valence-corrected chi connectivity index (χ0v) is 14.3. The second kappa shape index (κ2) is 8.21. The second-order valence-corrected chi connectivity index (χ2v) is 5.55. The summed E-state index contributed by atoms with van der Waals surface area (Å²) in [6, 6.07) is 14.4. The molecular formula is C18H18N2O3S. The number of anilines is 1. The number of aryl methyl sites for hydroxylation is 1. The largest absolute Gasteiger partial charge is 0.465 e. The maximum Gasteiger partial charge on any atom is 0.339 e. The van der Waals surface area contributed by atoms with E-state index in [1.807, 2.05) is 31.2 Å². The Morgan fingerprint density at radius 3 is 2.46 bits per heavy atom. The molecule has 0 saturated heterocycles. The van der Waals surface area contributed by atoms with Crippen LogP contribution in [0.5, 0.6) is 0 Å². The Labute approximate surface area is 146 Å². The number of esters is 1. The van der Waals surface area contributed by atoms with E-state index in [1.54, 1.807) is 24.3 Å². The van der Waals surface area contributed by atoms with Crippen LogP contribution in [0.15, 0.2) is 48.5 Å². The fraction of sp³-hybridized carbons (Fsp3) is 0.167. The first-order chi connectivity index (χ1) is 11.5. The van der Waals surface area contributed by atoms with Crippen LogP contribution in [-0.4, -0.2) is 24.1 Å². The number of hydrogen-bond donors (Lipinski definition) is 2. The third-order valence-electron chi connectivity index (χ3n) is 3.45. The molecule has 0 spiro atoms. The number of methoxy groups -OCH3 is 1. The highest BCUT2D eigenvalue weighted by Gasteiger charge is 2.13. The van der Waals surface area contributed by atoms with Gasteiger partial charge in [0.15, 0.2) is 5.11 Å². The van der Waals surface area contributed by atoms with E-state index in [-0.39, 0.29) is 17.4 Å². The van der Waals surface area contributed by atoms with Crippen LogP contribution >= 0.6 is 12.2 Å². The van der Waals surface area contributed by atoms with Crippen molar-refractivity contribution in [3.05, 3.63) is 65.2 Å². The number of ether oxygens (including phenoxy) is 1. The summed E-state index contributed by atoms with van der Waals surface area (Å²) < 4.78 is 4.72. The summed E-state index contributed by atoms with van der Waals surface area (Å²) in [5, 5.41) is 5.60. The molecule has 0 aliphatic carbocycles. The molecule has 0 aliphatic rings. The van der Waals surface area contributed by atoms with Crippen molar-refractivity contribution in [3.8, 4) is 0 Å². The fourth-order valence-electron chi connectivity index (χ4n) is 2.19. The van der Waals surface area contributed by atoms with Crippen LogP contribution < -0.4 is 10.6 Å². The van der Waals surface area contributed by atoms with Crippen LogP contribution in [0.3, 0.4) is 0 Å². The summed E-state index contributed by atoms with van der Waals surface area (Å²) in [4.78, 5) is 23.8. The van der Waals surface area contributed by atoms with Gasteiger partial charge in [-0.05, 0) is 42.4 Å². The summed E-state index contributed by atoms with van der Waals surface area (Å²) >= 11 is 5.15. The van der Waals surface area contributed by atoms with Crippen molar-refractivity contribution >= 4 is 34.9 Å². The Balaban J connectivity index is 2.00. The lowest BCUT2D eigenvalue weighted by atomic mass is 10.1. The Bertz CT molecular complexity index is 774. The third kappa shape index (κ3) is 4.63. The Morgan fingerprint density at radius 2 is 1.75 bits per heavy atom. The number of carbonyl (C=O) groups excluding carboxylic acids is 2. The van der Waals surface area contributed by atoms with Gasteiger partial charge in [-0.2, -0.15) is 0 Å². The van der Waals surface area contributed by atoms with Gasteiger partial charge in [0.1, 0.15) is 0 Å². The van der Waals surface area contributed by atoms with Crippen molar-refractivity contribution in [1.29, 1.82) is 0 Å². The summed E-state index contributed by atoms with van der Waals surface area (Å²) in [5.74, 6) is -0.704. The molecule has 6 heteroatoms. The van der Waals surface area contributed by atoms with E-state index >= 15 is 0 Å². The molecule has 0 aromatic heterocycles. The first-order valence-electron chi connectivity index (χ1n) is 7.34. The zero-order valence-electron chi connectivity index (χ0n) is 13.5. The van der Waals surface area contributed by atoms with Gasteiger partial charge in [0.25, 0.3) is 0 Å². The number of benzene rings is 2. The second-order valence-electron chi connectivity index (χ2n) is 5.14.